The first-order valence-corrected chi connectivity index (χ1v) is 4.13. The van der Waals surface area contributed by atoms with Crippen LogP contribution in [0.4, 0.5) is 0 Å². The predicted molar refractivity (Wildman–Crippen MR) is 50.1 cm³/mol. The zero-order valence-electron chi connectivity index (χ0n) is 7.49. The molecule has 3 heteroatoms. The maximum atomic E-state index is 9.04. The van der Waals surface area contributed by atoms with E-state index in [4.69, 9.17) is 10.4 Å². The topological polar surface area (TPSA) is 56.0 Å². The largest absolute Gasteiger partial charge is 0.508 e. The van der Waals surface area contributed by atoms with E-state index in [0.29, 0.717) is 6.54 Å². The van der Waals surface area contributed by atoms with Gasteiger partial charge in [0.1, 0.15) is 5.75 Å². The summed E-state index contributed by atoms with van der Waals surface area (Å²) in [5.41, 5.74) is 1.06. The Kier molecular flexibility index (Phi) is 3.30. The Labute approximate surface area is 77.6 Å². The van der Waals surface area contributed by atoms with Crippen molar-refractivity contribution in [2.75, 3.05) is 6.54 Å². The van der Waals surface area contributed by atoms with Crippen molar-refractivity contribution in [2.45, 2.75) is 13.0 Å². The molecule has 1 atom stereocenters. The minimum absolute atomic E-state index is 0.139. The monoisotopic (exact) mass is 176 g/mol. The number of benzene rings is 1. The van der Waals surface area contributed by atoms with Crippen LogP contribution in [0, 0.1) is 11.3 Å². The smallest absolute Gasteiger partial charge is 0.115 e. The number of phenolic OH excluding ortho intramolecular Hbond substituents is 1. The molecule has 0 fully saturated rings. The summed E-state index contributed by atoms with van der Waals surface area (Å²) in [6.45, 7) is 2.31. The minimum atomic E-state index is 0.139. The first-order chi connectivity index (χ1) is 6.24. The van der Waals surface area contributed by atoms with E-state index < -0.39 is 0 Å². The van der Waals surface area contributed by atoms with E-state index in [0.717, 1.165) is 5.56 Å². The molecule has 0 amide bonds. The van der Waals surface area contributed by atoms with Crippen LogP contribution >= 0.6 is 0 Å². The summed E-state index contributed by atoms with van der Waals surface area (Å²) < 4.78 is 0. The lowest BCUT2D eigenvalue weighted by molar-refractivity contribution is 0.474. The molecule has 0 radical (unpaired) electrons. The van der Waals surface area contributed by atoms with Gasteiger partial charge < -0.3 is 5.11 Å². The van der Waals surface area contributed by atoms with Crippen LogP contribution in [0.5, 0.6) is 5.75 Å². The molecular formula is C10H12N2O. The molecule has 2 N–H and O–H groups in total. The van der Waals surface area contributed by atoms with Gasteiger partial charge in [-0.1, -0.05) is 12.1 Å². The fraction of sp³-hybridized carbons (Fsp3) is 0.300. The molecule has 0 aliphatic rings. The fourth-order valence-corrected chi connectivity index (χ4v) is 1.08. The molecule has 1 unspecified atom stereocenters. The van der Waals surface area contributed by atoms with E-state index in [1.165, 1.54) is 0 Å². The van der Waals surface area contributed by atoms with Gasteiger partial charge in [0.15, 0.2) is 0 Å². The molecule has 0 saturated carbocycles. The zero-order valence-corrected chi connectivity index (χ0v) is 7.49. The molecule has 0 bridgehead atoms. The number of hydrogen-bond donors (Lipinski definition) is 2. The van der Waals surface area contributed by atoms with Gasteiger partial charge in [-0.15, -0.1) is 0 Å². The van der Waals surface area contributed by atoms with Gasteiger partial charge in [-0.25, -0.2) is 0 Å². The van der Waals surface area contributed by atoms with E-state index in [1.54, 1.807) is 12.1 Å². The van der Waals surface area contributed by atoms with Gasteiger partial charge in [-0.05, 0) is 24.6 Å². The van der Waals surface area contributed by atoms with Gasteiger partial charge in [0.2, 0.25) is 0 Å². The van der Waals surface area contributed by atoms with Crippen molar-refractivity contribution in [1.29, 1.82) is 5.26 Å². The predicted octanol–water partition coefficient (Wildman–Crippen LogP) is 1.57. The zero-order chi connectivity index (χ0) is 9.68. The van der Waals surface area contributed by atoms with Crippen LogP contribution in [-0.4, -0.2) is 11.7 Å². The first kappa shape index (κ1) is 9.56. The van der Waals surface area contributed by atoms with E-state index in [-0.39, 0.29) is 11.8 Å². The Morgan fingerprint density at radius 3 is 2.62 bits per heavy atom. The SMILES string of the molecule is CC(NCC#N)c1ccc(O)cc1. The molecule has 0 aliphatic heterocycles. The molecule has 68 valence electrons. The lowest BCUT2D eigenvalue weighted by atomic mass is 10.1. The summed E-state index contributed by atoms with van der Waals surface area (Å²) in [6, 6.07) is 9.11. The van der Waals surface area contributed by atoms with Gasteiger partial charge in [0.25, 0.3) is 0 Å². The average molecular weight is 176 g/mol. The third-order valence-corrected chi connectivity index (χ3v) is 1.88. The third-order valence-electron chi connectivity index (χ3n) is 1.88. The molecule has 1 aromatic rings. The normalized spacial score (nSPS) is 12.0. The highest BCUT2D eigenvalue weighted by atomic mass is 16.3. The second-order valence-electron chi connectivity index (χ2n) is 2.85. The molecule has 13 heavy (non-hydrogen) atoms. The van der Waals surface area contributed by atoms with Crippen LogP contribution in [0.25, 0.3) is 0 Å². The molecule has 1 aromatic carbocycles. The van der Waals surface area contributed by atoms with Gasteiger partial charge in [0, 0.05) is 6.04 Å². The fourth-order valence-electron chi connectivity index (χ4n) is 1.08. The number of nitriles is 1. The van der Waals surface area contributed by atoms with Gasteiger partial charge in [0.05, 0.1) is 12.6 Å². The Hall–Kier alpha value is -1.53. The standard InChI is InChI=1S/C10H12N2O/c1-8(12-7-6-11)9-2-4-10(13)5-3-9/h2-5,8,12-13H,7H2,1H3. The van der Waals surface area contributed by atoms with Gasteiger partial charge >= 0.3 is 0 Å². The molecule has 0 heterocycles. The van der Waals surface area contributed by atoms with Gasteiger partial charge in [-0.2, -0.15) is 5.26 Å². The number of hydrogen-bond acceptors (Lipinski definition) is 3. The van der Waals surface area contributed by atoms with Crippen LogP contribution in [0.3, 0.4) is 0 Å². The van der Waals surface area contributed by atoms with Crippen molar-refractivity contribution in [1.82, 2.24) is 5.32 Å². The van der Waals surface area contributed by atoms with E-state index >= 15 is 0 Å². The van der Waals surface area contributed by atoms with Crippen LogP contribution in [0.15, 0.2) is 24.3 Å². The number of aromatic hydroxyl groups is 1. The summed E-state index contributed by atoms with van der Waals surface area (Å²) >= 11 is 0. The quantitative estimate of drug-likeness (QED) is 0.687. The summed E-state index contributed by atoms with van der Waals surface area (Å²) in [4.78, 5) is 0. The first-order valence-electron chi connectivity index (χ1n) is 4.13. The number of rotatable bonds is 3. The summed E-state index contributed by atoms with van der Waals surface area (Å²) in [7, 11) is 0. The molecule has 0 aliphatic carbocycles. The van der Waals surface area contributed by atoms with Crippen molar-refractivity contribution < 1.29 is 5.11 Å². The number of nitrogens with one attached hydrogen (secondary N) is 1. The molecule has 3 nitrogen and oxygen atoms in total. The van der Waals surface area contributed by atoms with Gasteiger partial charge in [-0.3, -0.25) is 5.32 Å². The molecule has 1 rings (SSSR count). The maximum absolute atomic E-state index is 9.04. The Morgan fingerprint density at radius 1 is 1.46 bits per heavy atom. The van der Waals surface area contributed by atoms with Crippen molar-refractivity contribution in [3.05, 3.63) is 29.8 Å². The van der Waals surface area contributed by atoms with Crippen LogP contribution < -0.4 is 5.32 Å². The lowest BCUT2D eigenvalue weighted by Gasteiger charge is -2.11. The Balaban J connectivity index is 2.62. The van der Waals surface area contributed by atoms with E-state index in [2.05, 4.69) is 5.32 Å². The molecular weight excluding hydrogens is 164 g/mol. The molecule has 0 spiro atoms. The summed E-state index contributed by atoms with van der Waals surface area (Å²) in [6.07, 6.45) is 0. The summed E-state index contributed by atoms with van der Waals surface area (Å²) in [5.74, 6) is 0.260. The Morgan fingerprint density at radius 2 is 2.08 bits per heavy atom. The Bertz CT molecular complexity index is 300. The lowest BCUT2D eigenvalue weighted by Crippen LogP contribution is -2.18. The second kappa shape index (κ2) is 4.48. The highest BCUT2D eigenvalue weighted by Gasteiger charge is 2.02. The number of phenols is 1. The van der Waals surface area contributed by atoms with Crippen LogP contribution in [-0.2, 0) is 0 Å². The highest BCUT2D eigenvalue weighted by molar-refractivity contribution is 5.27. The van der Waals surface area contributed by atoms with Crippen LogP contribution in [0.2, 0.25) is 0 Å². The highest BCUT2D eigenvalue weighted by Crippen LogP contribution is 2.15. The number of nitrogens with zero attached hydrogens (tertiary/aromatic N) is 1. The van der Waals surface area contributed by atoms with E-state index in [1.807, 2.05) is 25.1 Å². The van der Waals surface area contributed by atoms with Crippen LogP contribution in [0.1, 0.15) is 18.5 Å². The molecule has 0 aromatic heterocycles. The second-order valence-corrected chi connectivity index (χ2v) is 2.85. The minimum Gasteiger partial charge on any atom is -0.508 e. The van der Waals surface area contributed by atoms with Crippen molar-refractivity contribution in [2.24, 2.45) is 0 Å². The van der Waals surface area contributed by atoms with E-state index in [9.17, 15) is 0 Å². The summed E-state index contributed by atoms with van der Waals surface area (Å²) in [5, 5.41) is 20.4. The van der Waals surface area contributed by atoms with Crippen molar-refractivity contribution in [3.63, 3.8) is 0 Å². The average Bonchev–Trinajstić information content (AvgIpc) is 2.15. The molecule has 0 saturated heterocycles. The van der Waals surface area contributed by atoms with Crippen molar-refractivity contribution >= 4 is 0 Å². The van der Waals surface area contributed by atoms with Crippen molar-refractivity contribution in [3.8, 4) is 11.8 Å². The maximum Gasteiger partial charge on any atom is 0.115 e. The third kappa shape index (κ3) is 2.77.